The van der Waals surface area contributed by atoms with Crippen LogP contribution in [0.2, 0.25) is 0 Å². The molecule has 12 heavy (non-hydrogen) atoms. The molecule has 0 fully saturated rings. The molecule has 0 radical (unpaired) electrons. The highest BCUT2D eigenvalue weighted by Gasteiger charge is 2.15. The molecule has 0 aromatic carbocycles. The van der Waals surface area contributed by atoms with Crippen LogP contribution >= 0.6 is 0 Å². The van der Waals surface area contributed by atoms with Gasteiger partial charge in [0.25, 0.3) is 0 Å². The molecule has 66 valence electrons. The van der Waals surface area contributed by atoms with Gasteiger partial charge in [-0.25, -0.2) is 0 Å². The molecule has 0 saturated carbocycles. The van der Waals surface area contributed by atoms with Gasteiger partial charge in [0, 0.05) is 5.57 Å². The minimum absolute atomic E-state index is 0.0434. The summed E-state index contributed by atoms with van der Waals surface area (Å²) in [6, 6.07) is 0. The van der Waals surface area contributed by atoms with E-state index in [9.17, 15) is 9.90 Å². The molecule has 0 aliphatic heterocycles. The zero-order valence-electron chi connectivity index (χ0n) is 7.50. The summed E-state index contributed by atoms with van der Waals surface area (Å²) in [4.78, 5) is 11.1. The van der Waals surface area contributed by atoms with Crippen molar-refractivity contribution < 1.29 is 9.90 Å². The minimum Gasteiger partial charge on any atom is -0.389 e. The molecule has 1 aliphatic carbocycles. The summed E-state index contributed by atoms with van der Waals surface area (Å²) in [5, 5.41) is 9.27. The average molecular weight is 166 g/mol. The van der Waals surface area contributed by atoms with Gasteiger partial charge in [0.05, 0.1) is 6.10 Å². The Kier molecular flexibility index (Phi) is 2.82. The van der Waals surface area contributed by atoms with Gasteiger partial charge in [-0.05, 0) is 31.4 Å². The van der Waals surface area contributed by atoms with E-state index in [1.165, 1.54) is 6.92 Å². The quantitative estimate of drug-likeness (QED) is 0.676. The number of aliphatic hydroxyl groups excluding tert-OH is 1. The van der Waals surface area contributed by atoms with Crippen LogP contribution in [0, 0.1) is 0 Å². The second-order valence-corrected chi connectivity index (χ2v) is 3.02. The number of allylic oxidation sites excluding steroid dienone is 2. The summed E-state index contributed by atoms with van der Waals surface area (Å²) >= 11 is 0. The molecule has 0 heterocycles. The molecule has 1 rings (SSSR count). The first kappa shape index (κ1) is 9.20. The molecule has 0 bridgehead atoms. The molecule has 1 unspecified atom stereocenters. The number of hydrogen-bond donors (Lipinski definition) is 1. The molecular weight excluding hydrogens is 152 g/mol. The predicted octanol–water partition coefficient (Wildman–Crippen LogP) is 1.60. The summed E-state index contributed by atoms with van der Waals surface area (Å²) < 4.78 is 0. The molecule has 1 atom stereocenters. The Bertz CT molecular complexity index is 249. The Morgan fingerprint density at radius 1 is 1.75 bits per heavy atom. The first-order valence-corrected chi connectivity index (χ1v) is 4.25. The lowest BCUT2D eigenvalue weighted by Gasteiger charge is -2.15. The van der Waals surface area contributed by atoms with Crippen molar-refractivity contribution >= 4 is 5.78 Å². The van der Waals surface area contributed by atoms with Gasteiger partial charge in [0.1, 0.15) is 0 Å². The fraction of sp³-hybridized carbons (Fsp3) is 0.500. The van der Waals surface area contributed by atoms with Crippen molar-refractivity contribution in [3.8, 4) is 0 Å². The molecule has 0 spiro atoms. The summed E-state index contributed by atoms with van der Waals surface area (Å²) in [6.45, 7) is 3.55. The van der Waals surface area contributed by atoms with Crippen LogP contribution in [0.5, 0.6) is 0 Å². The fourth-order valence-corrected chi connectivity index (χ4v) is 1.42. The predicted molar refractivity (Wildman–Crippen MR) is 47.8 cm³/mol. The number of aliphatic hydroxyl groups is 1. The molecule has 1 N–H and O–H groups in total. The number of rotatable bonds is 2. The van der Waals surface area contributed by atoms with Crippen LogP contribution in [-0.4, -0.2) is 17.0 Å². The third-order valence-corrected chi connectivity index (χ3v) is 2.07. The molecule has 2 nitrogen and oxygen atoms in total. The Balaban J connectivity index is 2.90. The molecular formula is C10H14O2. The van der Waals surface area contributed by atoms with E-state index < -0.39 is 6.10 Å². The molecule has 0 aromatic heterocycles. The van der Waals surface area contributed by atoms with E-state index in [0.717, 1.165) is 12.0 Å². The van der Waals surface area contributed by atoms with Gasteiger partial charge in [-0.1, -0.05) is 13.0 Å². The maximum Gasteiger partial charge on any atom is 0.159 e. The van der Waals surface area contributed by atoms with Crippen LogP contribution in [0.15, 0.2) is 23.3 Å². The standard InChI is InChI=1S/C10H14O2/c1-3-8-4-5-9(12)6-10(8)7(2)11/h4,6,9,12H,3,5H2,1-2H3. The van der Waals surface area contributed by atoms with Crippen LogP contribution in [0.1, 0.15) is 26.7 Å². The normalized spacial score (nSPS) is 23.1. The van der Waals surface area contributed by atoms with Crippen molar-refractivity contribution in [2.24, 2.45) is 0 Å². The van der Waals surface area contributed by atoms with Crippen LogP contribution < -0.4 is 0 Å². The maximum absolute atomic E-state index is 11.1. The van der Waals surface area contributed by atoms with Gasteiger partial charge in [-0.3, -0.25) is 4.79 Å². The lowest BCUT2D eigenvalue weighted by molar-refractivity contribution is -0.113. The first-order chi connectivity index (χ1) is 5.65. The average Bonchev–Trinajstić information content (AvgIpc) is 2.04. The highest BCUT2D eigenvalue weighted by molar-refractivity contribution is 5.97. The summed E-state index contributed by atoms with van der Waals surface area (Å²) in [5.41, 5.74) is 1.75. The Labute approximate surface area is 72.6 Å². The number of ketones is 1. The van der Waals surface area contributed by atoms with Crippen molar-refractivity contribution in [1.82, 2.24) is 0 Å². The molecule has 0 saturated heterocycles. The summed E-state index contributed by atoms with van der Waals surface area (Å²) in [5.74, 6) is 0.0434. The third kappa shape index (κ3) is 1.83. The number of Topliss-reactive ketones (excluding diaryl/α,β-unsaturated/α-hetero) is 1. The second kappa shape index (κ2) is 3.68. The minimum atomic E-state index is -0.473. The molecule has 0 amide bonds. The SMILES string of the molecule is CCC1=CCC(O)C=C1C(C)=O. The van der Waals surface area contributed by atoms with Gasteiger partial charge >= 0.3 is 0 Å². The van der Waals surface area contributed by atoms with Gasteiger partial charge < -0.3 is 5.11 Å². The van der Waals surface area contributed by atoms with Crippen LogP contribution in [0.4, 0.5) is 0 Å². The molecule has 2 heteroatoms. The highest BCUT2D eigenvalue weighted by atomic mass is 16.3. The maximum atomic E-state index is 11.1. The second-order valence-electron chi connectivity index (χ2n) is 3.02. The van der Waals surface area contributed by atoms with Gasteiger partial charge in [0.2, 0.25) is 0 Å². The monoisotopic (exact) mass is 166 g/mol. The molecule has 1 aliphatic rings. The topological polar surface area (TPSA) is 37.3 Å². The van der Waals surface area contributed by atoms with Gasteiger partial charge in [-0.2, -0.15) is 0 Å². The number of carbonyl (C=O) groups is 1. The van der Waals surface area contributed by atoms with Crippen molar-refractivity contribution in [3.63, 3.8) is 0 Å². The van der Waals surface area contributed by atoms with Crippen LogP contribution in [0.25, 0.3) is 0 Å². The smallest absolute Gasteiger partial charge is 0.159 e. The Morgan fingerprint density at radius 2 is 2.42 bits per heavy atom. The van der Waals surface area contributed by atoms with Crippen LogP contribution in [-0.2, 0) is 4.79 Å². The number of carbonyl (C=O) groups excluding carboxylic acids is 1. The van der Waals surface area contributed by atoms with Crippen molar-refractivity contribution in [3.05, 3.63) is 23.3 Å². The third-order valence-electron chi connectivity index (χ3n) is 2.07. The van der Waals surface area contributed by atoms with Crippen molar-refractivity contribution in [2.45, 2.75) is 32.8 Å². The summed E-state index contributed by atoms with van der Waals surface area (Å²) in [7, 11) is 0. The lowest BCUT2D eigenvalue weighted by Crippen LogP contribution is -2.12. The van der Waals surface area contributed by atoms with E-state index in [1.54, 1.807) is 6.08 Å². The lowest BCUT2D eigenvalue weighted by atomic mass is 9.92. The van der Waals surface area contributed by atoms with Crippen molar-refractivity contribution in [2.75, 3.05) is 0 Å². The van der Waals surface area contributed by atoms with E-state index in [0.29, 0.717) is 12.0 Å². The molecule has 0 aromatic rings. The first-order valence-electron chi connectivity index (χ1n) is 4.25. The zero-order chi connectivity index (χ0) is 9.14. The number of hydrogen-bond acceptors (Lipinski definition) is 2. The van der Waals surface area contributed by atoms with E-state index in [-0.39, 0.29) is 5.78 Å². The Morgan fingerprint density at radius 3 is 2.92 bits per heavy atom. The van der Waals surface area contributed by atoms with Gasteiger partial charge in [0.15, 0.2) is 5.78 Å². The van der Waals surface area contributed by atoms with Crippen molar-refractivity contribution in [1.29, 1.82) is 0 Å². The van der Waals surface area contributed by atoms with Gasteiger partial charge in [-0.15, -0.1) is 0 Å². The Hall–Kier alpha value is -0.890. The van der Waals surface area contributed by atoms with E-state index in [2.05, 4.69) is 0 Å². The van der Waals surface area contributed by atoms with E-state index >= 15 is 0 Å². The summed E-state index contributed by atoms with van der Waals surface area (Å²) in [6.07, 6.45) is 4.62. The highest BCUT2D eigenvalue weighted by Crippen LogP contribution is 2.22. The fourth-order valence-electron chi connectivity index (χ4n) is 1.42. The van der Waals surface area contributed by atoms with E-state index in [1.807, 2.05) is 13.0 Å². The zero-order valence-corrected chi connectivity index (χ0v) is 7.50. The van der Waals surface area contributed by atoms with Crippen LogP contribution in [0.3, 0.4) is 0 Å². The largest absolute Gasteiger partial charge is 0.389 e. The van der Waals surface area contributed by atoms with E-state index in [4.69, 9.17) is 0 Å².